The number of phenolic OH excluding ortho intramolecular Hbond substituents is 5. The van der Waals surface area contributed by atoms with Crippen molar-refractivity contribution in [1.82, 2.24) is 0 Å². The maximum atomic E-state index is 10.5. The normalized spacial score (nSPS) is 21.8. The van der Waals surface area contributed by atoms with E-state index >= 15 is 0 Å². The number of rotatable bonds is 1. The molecule has 2 aliphatic heterocycles. The van der Waals surface area contributed by atoms with Crippen LogP contribution in [0.3, 0.4) is 0 Å². The van der Waals surface area contributed by atoms with Crippen LogP contribution in [0.4, 0.5) is 0 Å². The molecule has 0 saturated heterocycles. The quantitative estimate of drug-likeness (QED) is 0.411. The molecule has 0 fully saturated rings. The third-order valence-corrected chi connectivity index (χ3v) is 5.28. The molecule has 142 valence electrons. The van der Waals surface area contributed by atoms with Crippen molar-refractivity contribution < 1.29 is 35.0 Å². The van der Waals surface area contributed by atoms with Gasteiger partial charge < -0.3 is 35.0 Å². The Morgan fingerprint density at radius 2 is 1.46 bits per heavy atom. The molecule has 0 amide bonds. The van der Waals surface area contributed by atoms with Crippen LogP contribution < -0.4 is 9.47 Å². The molecule has 5 N–H and O–H groups in total. The highest BCUT2D eigenvalue weighted by Gasteiger charge is 2.51. The van der Waals surface area contributed by atoms with E-state index in [1.807, 2.05) is 12.1 Å². The molecule has 2 aliphatic rings. The first-order valence-corrected chi connectivity index (χ1v) is 8.66. The van der Waals surface area contributed by atoms with Crippen LogP contribution in [0, 0.1) is 0 Å². The van der Waals surface area contributed by atoms with Crippen LogP contribution in [-0.4, -0.2) is 25.5 Å². The van der Waals surface area contributed by atoms with Gasteiger partial charge in [0.25, 0.3) is 5.79 Å². The summed E-state index contributed by atoms with van der Waals surface area (Å²) in [6.45, 7) is 0. The smallest absolute Gasteiger partial charge is 0.279 e. The summed E-state index contributed by atoms with van der Waals surface area (Å²) in [5.41, 5.74) is 1.65. The molecular formula is C21H16O7. The van der Waals surface area contributed by atoms with Crippen molar-refractivity contribution in [3.63, 3.8) is 0 Å². The first-order chi connectivity index (χ1) is 13.4. The van der Waals surface area contributed by atoms with Crippen LogP contribution in [0.15, 0.2) is 48.5 Å². The lowest BCUT2D eigenvalue weighted by Gasteiger charge is -2.46. The summed E-state index contributed by atoms with van der Waals surface area (Å²) in [5.74, 6) is -2.92. The van der Waals surface area contributed by atoms with Gasteiger partial charge in [-0.2, -0.15) is 0 Å². The fraction of sp³-hybridized carbons (Fsp3) is 0.143. The molecule has 28 heavy (non-hydrogen) atoms. The van der Waals surface area contributed by atoms with Gasteiger partial charge in [0.05, 0.1) is 0 Å². The standard InChI is InChI=1S/C21H16O7/c22-11-7-14(23)19-13-9-21(28-18(19)8-11,27-17-4-2-1-3-12(13)17)10-5-15(24)20(26)16(25)6-10/h1-8,13,22-26H,9H2. The van der Waals surface area contributed by atoms with Gasteiger partial charge in [-0.15, -0.1) is 0 Å². The number of hydrogen-bond donors (Lipinski definition) is 5. The van der Waals surface area contributed by atoms with Crippen LogP contribution in [0.5, 0.6) is 40.2 Å². The van der Waals surface area contributed by atoms with Crippen LogP contribution in [0.25, 0.3) is 0 Å². The summed E-state index contributed by atoms with van der Waals surface area (Å²) in [6, 6.07) is 12.5. The second-order valence-corrected chi connectivity index (χ2v) is 6.99. The number of aromatic hydroxyl groups is 5. The number of benzene rings is 3. The summed E-state index contributed by atoms with van der Waals surface area (Å²) in [4.78, 5) is 0. The maximum absolute atomic E-state index is 10.5. The zero-order valence-corrected chi connectivity index (χ0v) is 14.5. The number of phenols is 5. The van der Waals surface area contributed by atoms with E-state index in [9.17, 15) is 25.5 Å². The van der Waals surface area contributed by atoms with Gasteiger partial charge in [-0.25, -0.2) is 0 Å². The fourth-order valence-electron chi connectivity index (χ4n) is 4.05. The predicted molar refractivity (Wildman–Crippen MR) is 97.0 cm³/mol. The van der Waals surface area contributed by atoms with E-state index in [2.05, 4.69) is 0 Å². The topological polar surface area (TPSA) is 120 Å². The van der Waals surface area contributed by atoms with Crippen LogP contribution in [0.1, 0.15) is 29.0 Å². The Balaban J connectivity index is 1.78. The lowest BCUT2D eigenvalue weighted by atomic mass is 9.78. The molecule has 7 nitrogen and oxygen atoms in total. The predicted octanol–water partition coefficient (Wildman–Crippen LogP) is 3.37. The van der Waals surface area contributed by atoms with Gasteiger partial charge in [0.15, 0.2) is 17.2 Å². The molecule has 2 atom stereocenters. The number of para-hydroxylation sites is 1. The summed E-state index contributed by atoms with van der Waals surface area (Å²) in [5, 5.41) is 50.0. The molecule has 0 saturated carbocycles. The molecule has 2 heterocycles. The van der Waals surface area contributed by atoms with Gasteiger partial charge in [0.2, 0.25) is 0 Å². The average Bonchev–Trinajstić information content (AvgIpc) is 2.65. The molecule has 0 aliphatic carbocycles. The van der Waals surface area contributed by atoms with E-state index < -0.39 is 23.0 Å². The Morgan fingerprint density at radius 1 is 0.786 bits per heavy atom. The average molecular weight is 380 g/mol. The third-order valence-electron chi connectivity index (χ3n) is 5.28. The van der Waals surface area contributed by atoms with E-state index in [0.717, 1.165) is 5.56 Å². The lowest BCUT2D eigenvalue weighted by Crippen LogP contribution is -2.46. The fourth-order valence-corrected chi connectivity index (χ4v) is 4.05. The monoisotopic (exact) mass is 380 g/mol. The lowest BCUT2D eigenvalue weighted by molar-refractivity contribution is -0.149. The second kappa shape index (κ2) is 5.39. The zero-order valence-electron chi connectivity index (χ0n) is 14.5. The van der Waals surface area contributed by atoms with Crippen molar-refractivity contribution in [3.8, 4) is 40.2 Å². The molecule has 7 heteroatoms. The van der Waals surface area contributed by atoms with E-state index in [-0.39, 0.29) is 35.2 Å². The molecule has 0 radical (unpaired) electrons. The molecule has 0 aromatic heterocycles. The summed E-state index contributed by atoms with van der Waals surface area (Å²) < 4.78 is 12.3. The van der Waals surface area contributed by atoms with Crippen molar-refractivity contribution >= 4 is 0 Å². The Hall–Kier alpha value is -3.74. The van der Waals surface area contributed by atoms with Crippen LogP contribution in [-0.2, 0) is 5.79 Å². The summed E-state index contributed by atoms with van der Waals surface area (Å²) >= 11 is 0. The van der Waals surface area contributed by atoms with Gasteiger partial charge in [0, 0.05) is 41.2 Å². The molecular weight excluding hydrogens is 364 g/mol. The van der Waals surface area contributed by atoms with Crippen molar-refractivity contribution in [3.05, 3.63) is 65.2 Å². The van der Waals surface area contributed by atoms with Crippen LogP contribution >= 0.6 is 0 Å². The number of hydrogen-bond acceptors (Lipinski definition) is 7. The molecule has 2 unspecified atom stereocenters. The van der Waals surface area contributed by atoms with Gasteiger partial charge >= 0.3 is 0 Å². The highest BCUT2D eigenvalue weighted by atomic mass is 16.7. The SMILES string of the molecule is Oc1cc(O)c2c(c1)OC1(c3cc(O)c(O)c(O)c3)CC2c2ccccc2O1. The highest BCUT2D eigenvalue weighted by Crippen LogP contribution is 2.58. The van der Waals surface area contributed by atoms with Gasteiger partial charge in [-0.3, -0.25) is 0 Å². The Kier molecular flexibility index (Phi) is 3.16. The number of ether oxygens (including phenoxy) is 2. The Bertz CT molecular complexity index is 1100. The zero-order chi connectivity index (χ0) is 19.6. The third kappa shape index (κ3) is 2.16. The molecule has 3 aromatic carbocycles. The van der Waals surface area contributed by atoms with E-state index in [4.69, 9.17) is 9.47 Å². The minimum Gasteiger partial charge on any atom is -0.508 e. The largest absolute Gasteiger partial charge is 0.508 e. The minimum atomic E-state index is -1.44. The maximum Gasteiger partial charge on any atom is 0.279 e. The molecule has 0 spiro atoms. The summed E-state index contributed by atoms with van der Waals surface area (Å²) in [6.07, 6.45) is 0.249. The van der Waals surface area contributed by atoms with E-state index in [1.165, 1.54) is 24.3 Å². The van der Waals surface area contributed by atoms with Gasteiger partial charge in [-0.1, -0.05) is 18.2 Å². The molecule has 5 rings (SSSR count). The first kappa shape index (κ1) is 16.4. The van der Waals surface area contributed by atoms with Crippen LogP contribution in [0.2, 0.25) is 0 Å². The second-order valence-electron chi connectivity index (χ2n) is 6.99. The van der Waals surface area contributed by atoms with Crippen molar-refractivity contribution in [2.75, 3.05) is 0 Å². The van der Waals surface area contributed by atoms with Crippen molar-refractivity contribution in [2.24, 2.45) is 0 Å². The van der Waals surface area contributed by atoms with Gasteiger partial charge in [-0.05, 0) is 18.2 Å². The Labute approximate surface area is 159 Å². The number of fused-ring (bicyclic) bond motifs is 6. The van der Waals surface area contributed by atoms with E-state index in [0.29, 0.717) is 11.3 Å². The van der Waals surface area contributed by atoms with Gasteiger partial charge in [0.1, 0.15) is 23.0 Å². The van der Waals surface area contributed by atoms with Crippen molar-refractivity contribution in [1.29, 1.82) is 0 Å². The first-order valence-electron chi connectivity index (χ1n) is 8.66. The Morgan fingerprint density at radius 3 is 2.21 bits per heavy atom. The van der Waals surface area contributed by atoms with E-state index in [1.54, 1.807) is 12.1 Å². The molecule has 2 bridgehead atoms. The summed E-state index contributed by atoms with van der Waals surface area (Å²) in [7, 11) is 0. The molecule has 3 aromatic rings. The minimum absolute atomic E-state index is 0.0956. The van der Waals surface area contributed by atoms with Crippen molar-refractivity contribution in [2.45, 2.75) is 18.1 Å². The highest BCUT2D eigenvalue weighted by molar-refractivity contribution is 5.60.